The lowest BCUT2D eigenvalue weighted by Gasteiger charge is -2.11. The van der Waals surface area contributed by atoms with E-state index in [1.165, 1.54) is 12.3 Å². The Hall–Kier alpha value is -1.45. The minimum Gasteiger partial charge on any atom is -0.322 e. The van der Waals surface area contributed by atoms with Crippen LogP contribution >= 0.6 is 11.6 Å². The van der Waals surface area contributed by atoms with E-state index in [1.54, 1.807) is 6.07 Å². The third-order valence-electron chi connectivity index (χ3n) is 2.47. The van der Waals surface area contributed by atoms with Gasteiger partial charge in [-0.05, 0) is 36.2 Å². The number of hydrogen-bond donors (Lipinski definition) is 1. The summed E-state index contributed by atoms with van der Waals surface area (Å²) in [6.07, 6.45) is 1.80. The standard InChI is InChI=1S/C13H12ClFN2/c14-10-3-1-2-9(6-10)7-12(16)13-5-4-11(15)8-17-13/h1-6,8,12H,7,16H2. The van der Waals surface area contributed by atoms with Crippen molar-refractivity contribution in [3.8, 4) is 0 Å². The first-order valence-electron chi connectivity index (χ1n) is 5.26. The van der Waals surface area contributed by atoms with Crippen LogP contribution in [-0.4, -0.2) is 4.98 Å². The van der Waals surface area contributed by atoms with E-state index < -0.39 is 0 Å². The Morgan fingerprint density at radius 3 is 2.76 bits per heavy atom. The van der Waals surface area contributed by atoms with E-state index in [9.17, 15) is 4.39 Å². The highest BCUT2D eigenvalue weighted by Gasteiger charge is 2.08. The van der Waals surface area contributed by atoms with E-state index in [0.29, 0.717) is 17.1 Å². The molecule has 0 amide bonds. The van der Waals surface area contributed by atoms with Gasteiger partial charge in [0.2, 0.25) is 0 Å². The number of halogens is 2. The van der Waals surface area contributed by atoms with Crippen LogP contribution in [0, 0.1) is 5.82 Å². The second-order valence-corrected chi connectivity index (χ2v) is 4.28. The summed E-state index contributed by atoms with van der Waals surface area (Å²) in [5.41, 5.74) is 7.71. The monoisotopic (exact) mass is 250 g/mol. The van der Waals surface area contributed by atoms with Crippen LogP contribution in [-0.2, 0) is 6.42 Å². The predicted octanol–water partition coefficient (Wildman–Crippen LogP) is 3.12. The molecule has 0 aliphatic heterocycles. The predicted molar refractivity (Wildman–Crippen MR) is 66.3 cm³/mol. The van der Waals surface area contributed by atoms with Crippen LogP contribution in [0.25, 0.3) is 0 Å². The summed E-state index contributed by atoms with van der Waals surface area (Å²) in [6, 6.07) is 10.2. The lowest BCUT2D eigenvalue weighted by atomic mass is 10.0. The summed E-state index contributed by atoms with van der Waals surface area (Å²) in [5, 5.41) is 0.682. The van der Waals surface area contributed by atoms with Crippen molar-refractivity contribution in [1.82, 2.24) is 4.98 Å². The van der Waals surface area contributed by atoms with E-state index in [2.05, 4.69) is 4.98 Å². The van der Waals surface area contributed by atoms with Crippen LogP contribution in [0.1, 0.15) is 17.3 Å². The number of benzene rings is 1. The van der Waals surface area contributed by atoms with E-state index in [-0.39, 0.29) is 11.9 Å². The van der Waals surface area contributed by atoms with E-state index in [0.717, 1.165) is 5.56 Å². The quantitative estimate of drug-likeness (QED) is 0.909. The number of hydrogen-bond acceptors (Lipinski definition) is 2. The third kappa shape index (κ3) is 3.25. The molecule has 1 aromatic carbocycles. The molecule has 0 radical (unpaired) electrons. The molecule has 0 fully saturated rings. The van der Waals surface area contributed by atoms with Gasteiger partial charge in [-0.15, -0.1) is 0 Å². The number of rotatable bonds is 3. The molecule has 0 saturated heterocycles. The molecule has 0 saturated carbocycles. The first kappa shape index (κ1) is 12.0. The highest BCUT2D eigenvalue weighted by molar-refractivity contribution is 6.30. The largest absolute Gasteiger partial charge is 0.322 e. The van der Waals surface area contributed by atoms with Crippen molar-refractivity contribution >= 4 is 11.6 Å². The third-order valence-corrected chi connectivity index (χ3v) is 2.71. The fourth-order valence-corrected chi connectivity index (χ4v) is 1.84. The highest BCUT2D eigenvalue weighted by Crippen LogP contribution is 2.17. The normalized spacial score (nSPS) is 12.4. The molecule has 2 N–H and O–H groups in total. The van der Waals surface area contributed by atoms with Crippen LogP contribution in [0.5, 0.6) is 0 Å². The highest BCUT2D eigenvalue weighted by atomic mass is 35.5. The summed E-state index contributed by atoms with van der Waals surface area (Å²) in [5.74, 6) is -0.358. The number of aromatic nitrogens is 1. The van der Waals surface area contributed by atoms with Gasteiger partial charge in [-0.2, -0.15) is 0 Å². The van der Waals surface area contributed by atoms with Crippen LogP contribution in [0.4, 0.5) is 4.39 Å². The van der Waals surface area contributed by atoms with Crippen LogP contribution in [0.3, 0.4) is 0 Å². The maximum absolute atomic E-state index is 12.7. The molecule has 1 unspecified atom stereocenters. The average molecular weight is 251 g/mol. The SMILES string of the molecule is NC(Cc1cccc(Cl)c1)c1ccc(F)cn1. The maximum Gasteiger partial charge on any atom is 0.141 e. The molecule has 1 aromatic heterocycles. The molecule has 0 aliphatic rings. The minimum absolute atomic E-state index is 0.255. The molecule has 17 heavy (non-hydrogen) atoms. The summed E-state index contributed by atoms with van der Waals surface area (Å²) >= 11 is 5.89. The first-order chi connectivity index (χ1) is 8.15. The smallest absolute Gasteiger partial charge is 0.141 e. The number of pyridine rings is 1. The molecule has 4 heteroatoms. The molecule has 88 valence electrons. The number of nitrogens with zero attached hydrogens (tertiary/aromatic N) is 1. The Bertz CT molecular complexity index is 499. The second kappa shape index (κ2) is 5.25. The van der Waals surface area contributed by atoms with Gasteiger partial charge >= 0.3 is 0 Å². The summed E-state index contributed by atoms with van der Waals surface area (Å²) in [7, 11) is 0. The van der Waals surface area contributed by atoms with Gasteiger partial charge < -0.3 is 5.73 Å². The Morgan fingerprint density at radius 2 is 2.12 bits per heavy atom. The maximum atomic E-state index is 12.7. The summed E-state index contributed by atoms with van der Waals surface area (Å²) in [4.78, 5) is 3.96. The van der Waals surface area contributed by atoms with Crippen molar-refractivity contribution in [2.45, 2.75) is 12.5 Å². The van der Waals surface area contributed by atoms with Crippen molar-refractivity contribution in [3.05, 3.63) is 64.7 Å². The molecule has 0 aliphatic carbocycles. The van der Waals surface area contributed by atoms with Crippen molar-refractivity contribution < 1.29 is 4.39 Å². The molecular weight excluding hydrogens is 239 g/mol. The van der Waals surface area contributed by atoms with Gasteiger partial charge in [0.1, 0.15) is 5.82 Å². The summed E-state index contributed by atoms with van der Waals surface area (Å²) < 4.78 is 12.7. The van der Waals surface area contributed by atoms with E-state index in [4.69, 9.17) is 17.3 Å². The molecule has 2 aromatic rings. The zero-order chi connectivity index (χ0) is 12.3. The molecule has 2 rings (SSSR count). The molecule has 0 bridgehead atoms. The Morgan fingerprint density at radius 1 is 1.29 bits per heavy atom. The minimum atomic E-state index is -0.358. The van der Waals surface area contributed by atoms with Gasteiger partial charge in [0.15, 0.2) is 0 Å². The molecule has 1 atom stereocenters. The Labute approximate surface area is 104 Å². The zero-order valence-electron chi connectivity index (χ0n) is 9.11. The second-order valence-electron chi connectivity index (χ2n) is 3.84. The van der Waals surface area contributed by atoms with Crippen LogP contribution < -0.4 is 5.73 Å². The number of nitrogens with two attached hydrogens (primary N) is 1. The molecule has 0 spiro atoms. The fraction of sp³-hybridized carbons (Fsp3) is 0.154. The summed E-state index contributed by atoms with van der Waals surface area (Å²) in [6.45, 7) is 0. The van der Waals surface area contributed by atoms with Crippen molar-refractivity contribution in [2.75, 3.05) is 0 Å². The van der Waals surface area contributed by atoms with E-state index >= 15 is 0 Å². The lowest BCUT2D eigenvalue weighted by Crippen LogP contribution is -2.14. The van der Waals surface area contributed by atoms with Crippen molar-refractivity contribution in [3.63, 3.8) is 0 Å². The van der Waals surface area contributed by atoms with Gasteiger partial charge in [0.05, 0.1) is 17.9 Å². The Kier molecular flexibility index (Phi) is 3.71. The van der Waals surface area contributed by atoms with Gasteiger partial charge in [0, 0.05) is 5.02 Å². The van der Waals surface area contributed by atoms with Gasteiger partial charge in [-0.1, -0.05) is 23.7 Å². The van der Waals surface area contributed by atoms with Gasteiger partial charge in [-0.25, -0.2) is 4.39 Å². The van der Waals surface area contributed by atoms with Crippen molar-refractivity contribution in [2.24, 2.45) is 5.73 Å². The topological polar surface area (TPSA) is 38.9 Å². The molecule has 2 nitrogen and oxygen atoms in total. The van der Waals surface area contributed by atoms with Gasteiger partial charge in [0.25, 0.3) is 0 Å². The fourth-order valence-electron chi connectivity index (χ4n) is 1.63. The molecular formula is C13H12ClFN2. The van der Waals surface area contributed by atoms with E-state index in [1.807, 2.05) is 24.3 Å². The van der Waals surface area contributed by atoms with Crippen LogP contribution in [0.15, 0.2) is 42.6 Å². The Balaban J connectivity index is 2.11. The first-order valence-corrected chi connectivity index (χ1v) is 5.64. The van der Waals surface area contributed by atoms with Gasteiger partial charge in [-0.3, -0.25) is 4.98 Å². The molecule has 1 heterocycles. The zero-order valence-corrected chi connectivity index (χ0v) is 9.86. The lowest BCUT2D eigenvalue weighted by molar-refractivity contribution is 0.612. The van der Waals surface area contributed by atoms with Crippen molar-refractivity contribution in [1.29, 1.82) is 0 Å². The average Bonchev–Trinajstić information content (AvgIpc) is 2.29. The van der Waals surface area contributed by atoms with Crippen LogP contribution in [0.2, 0.25) is 5.02 Å².